The smallest absolute Gasteiger partial charge is 0.317 e. The topological polar surface area (TPSA) is 111 Å². The van der Waals surface area contributed by atoms with Crippen LogP contribution in [-0.2, 0) is 20.8 Å². The highest BCUT2D eigenvalue weighted by atomic mass is 16.5. The quantitative estimate of drug-likeness (QED) is 0.544. The molecule has 172 valence electrons. The minimum atomic E-state index is -0.866. The SMILES string of the molecule is COc1ccc(CCNC(=O)C2=CCC=C(C(=O)N3CCCN(CC(=O)O)CC3)N2)cc1. The number of hydrogen-bond acceptors (Lipinski definition) is 6. The molecule has 2 heterocycles. The maximum Gasteiger partial charge on any atom is 0.317 e. The lowest BCUT2D eigenvalue weighted by molar-refractivity contribution is -0.138. The molecule has 1 aromatic rings. The highest BCUT2D eigenvalue weighted by Crippen LogP contribution is 2.14. The number of ether oxygens (including phenoxy) is 1. The fourth-order valence-electron chi connectivity index (χ4n) is 3.73. The number of nitrogens with zero attached hydrogens (tertiary/aromatic N) is 2. The zero-order valence-corrected chi connectivity index (χ0v) is 18.3. The monoisotopic (exact) mass is 442 g/mol. The zero-order chi connectivity index (χ0) is 22.9. The number of nitrogens with one attached hydrogen (secondary N) is 2. The first kappa shape index (κ1) is 23.3. The van der Waals surface area contributed by atoms with Gasteiger partial charge in [-0.1, -0.05) is 24.3 Å². The van der Waals surface area contributed by atoms with Crippen LogP contribution < -0.4 is 15.4 Å². The molecule has 1 aromatic carbocycles. The normalized spacial score (nSPS) is 16.8. The summed E-state index contributed by atoms with van der Waals surface area (Å²) < 4.78 is 5.14. The molecule has 9 nitrogen and oxygen atoms in total. The van der Waals surface area contributed by atoms with Crippen molar-refractivity contribution in [2.24, 2.45) is 0 Å². The van der Waals surface area contributed by atoms with Gasteiger partial charge in [0.15, 0.2) is 0 Å². The van der Waals surface area contributed by atoms with Crippen LogP contribution in [0.4, 0.5) is 0 Å². The molecular formula is C23H30N4O5. The Morgan fingerprint density at radius 1 is 1.06 bits per heavy atom. The number of hydrogen-bond donors (Lipinski definition) is 3. The van der Waals surface area contributed by atoms with Gasteiger partial charge in [-0.3, -0.25) is 19.3 Å². The molecule has 3 rings (SSSR count). The minimum Gasteiger partial charge on any atom is -0.497 e. The number of benzene rings is 1. The van der Waals surface area contributed by atoms with Crippen LogP contribution in [-0.4, -0.2) is 79.1 Å². The van der Waals surface area contributed by atoms with Crippen molar-refractivity contribution in [1.29, 1.82) is 0 Å². The van der Waals surface area contributed by atoms with Crippen molar-refractivity contribution >= 4 is 17.8 Å². The Morgan fingerprint density at radius 3 is 2.53 bits per heavy atom. The van der Waals surface area contributed by atoms with E-state index in [0.717, 1.165) is 11.3 Å². The van der Waals surface area contributed by atoms with Crippen molar-refractivity contribution in [1.82, 2.24) is 20.4 Å². The van der Waals surface area contributed by atoms with E-state index in [1.54, 1.807) is 24.2 Å². The van der Waals surface area contributed by atoms with E-state index in [2.05, 4.69) is 10.6 Å². The third-order valence-corrected chi connectivity index (χ3v) is 5.48. The third-order valence-electron chi connectivity index (χ3n) is 5.48. The summed E-state index contributed by atoms with van der Waals surface area (Å²) in [6.45, 7) is 2.62. The summed E-state index contributed by atoms with van der Waals surface area (Å²) in [5, 5.41) is 14.8. The first-order chi connectivity index (χ1) is 15.5. The minimum absolute atomic E-state index is 0.0213. The molecule has 2 aliphatic heterocycles. The molecular weight excluding hydrogens is 412 g/mol. The van der Waals surface area contributed by atoms with Crippen molar-refractivity contribution in [2.75, 3.05) is 46.4 Å². The molecule has 0 bridgehead atoms. The highest BCUT2D eigenvalue weighted by molar-refractivity contribution is 5.98. The summed E-state index contributed by atoms with van der Waals surface area (Å²) in [6.07, 6.45) is 5.42. The fraction of sp³-hybridized carbons (Fsp3) is 0.435. The first-order valence-electron chi connectivity index (χ1n) is 10.8. The number of dihydropyridines is 1. The number of carbonyl (C=O) groups excluding carboxylic acids is 2. The van der Waals surface area contributed by atoms with Gasteiger partial charge in [0.2, 0.25) is 0 Å². The van der Waals surface area contributed by atoms with E-state index in [9.17, 15) is 14.4 Å². The number of methoxy groups -OCH3 is 1. The summed E-state index contributed by atoms with van der Waals surface area (Å²) in [6, 6.07) is 7.69. The standard InChI is InChI=1S/C23H30N4O5/c1-32-18-8-6-17(7-9-18)10-11-24-22(30)19-4-2-5-20(25-19)23(31)27-13-3-12-26(14-15-27)16-21(28)29/h4-9,25H,2-3,10-16H2,1H3,(H,24,30)(H,28,29). The second kappa shape index (κ2) is 11.3. The summed E-state index contributed by atoms with van der Waals surface area (Å²) in [5.74, 6) is -0.495. The lowest BCUT2D eigenvalue weighted by Crippen LogP contribution is -2.42. The Labute approximate surface area is 187 Å². The molecule has 3 N–H and O–H groups in total. The van der Waals surface area contributed by atoms with E-state index in [-0.39, 0.29) is 18.4 Å². The van der Waals surface area contributed by atoms with Gasteiger partial charge in [0.1, 0.15) is 17.1 Å². The Bertz CT molecular complexity index is 894. The maximum absolute atomic E-state index is 12.9. The zero-order valence-electron chi connectivity index (χ0n) is 18.3. The number of carboxylic acids is 1. The summed E-state index contributed by atoms with van der Waals surface area (Å²) >= 11 is 0. The van der Waals surface area contributed by atoms with Crippen molar-refractivity contribution in [3.63, 3.8) is 0 Å². The van der Waals surface area contributed by atoms with Crippen molar-refractivity contribution in [2.45, 2.75) is 19.3 Å². The number of aliphatic carboxylic acids is 1. The van der Waals surface area contributed by atoms with Gasteiger partial charge < -0.3 is 25.4 Å². The predicted octanol–water partition coefficient (Wildman–Crippen LogP) is 0.734. The predicted molar refractivity (Wildman–Crippen MR) is 119 cm³/mol. The lowest BCUT2D eigenvalue weighted by atomic mass is 10.1. The molecule has 0 unspecified atom stereocenters. The Morgan fingerprint density at radius 2 is 1.81 bits per heavy atom. The largest absolute Gasteiger partial charge is 0.497 e. The summed E-state index contributed by atoms with van der Waals surface area (Å²) in [4.78, 5) is 40.0. The third kappa shape index (κ3) is 6.58. The second-order valence-corrected chi connectivity index (χ2v) is 7.77. The second-order valence-electron chi connectivity index (χ2n) is 7.77. The number of allylic oxidation sites excluding steroid dienone is 2. The van der Waals surface area contributed by atoms with Gasteiger partial charge in [-0.2, -0.15) is 0 Å². The average Bonchev–Trinajstić information content (AvgIpc) is 3.04. The van der Waals surface area contributed by atoms with Crippen LogP contribution in [0.25, 0.3) is 0 Å². The van der Waals surface area contributed by atoms with E-state index in [4.69, 9.17) is 9.84 Å². The van der Waals surface area contributed by atoms with Crippen molar-refractivity contribution in [3.8, 4) is 5.75 Å². The molecule has 0 aromatic heterocycles. The molecule has 32 heavy (non-hydrogen) atoms. The lowest BCUT2D eigenvalue weighted by Gasteiger charge is -2.25. The van der Waals surface area contributed by atoms with E-state index in [1.807, 2.05) is 29.2 Å². The fourth-order valence-corrected chi connectivity index (χ4v) is 3.73. The van der Waals surface area contributed by atoms with Crippen LogP contribution in [0.2, 0.25) is 0 Å². The molecule has 1 fully saturated rings. The summed E-state index contributed by atoms with van der Waals surface area (Å²) in [7, 11) is 1.62. The molecule has 0 radical (unpaired) electrons. The van der Waals surface area contributed by atoms with Crippen LogP contribution in [0.1, 0.15) is 18.4 Å². The Kier molecular flexibility index (Phi) is 8.27. The van der Waals surface area contributed by atoms with E-state index >= 15 is 0 Å². The molecule has 0 spiro atoms. The maximum atomic E-state index is 12.9. The van der Waals surface area contributed by atoms with Gasteiger partial charge in [-0.15, -0.1) is 0 Å². The van der Waals surface area contributed by atoms with Gasteiger partial charge in [0.05, 0.1) is 13.7 Å². The Balaban J connectivity index is 1.47. The molecule has 0 aliphatic carbocycles. The average molecular weight is 443 g/mol. The molecule has 0 atom stereocenters. The molecule has 2 amide bonds. The van der Waals surface area contributed by atoms with Crippen molar-refractivity contribution in [3.05, 3.63) is 53.4 Å². The molecule has 1 saturated heterocycles. The van der Waals surface area contributed by atoms with Gasteiger partial charge in [0.25, 0.3) is 11.8 Å². The highest BCUT2D eigenvalue weighted by Gasteiger charge is 2.25. The van der Waals surface area contributed by atoms with E-state index in [1.165, 1.54) is 0 Å². The van der Waals surface area contributed by atoms with Gasteiger partial charge in [-0.05, 0) is 37.0 Å². The number of rotatable bonds is 8. The summed E-state index contributed by atoms with van der Waals surface area (Å²) in [5.41, 5.74) is 1.85. The number of carboxylic acid groups (broad SMARTS) is 1. The van der Waals surface area contributed by atoms with Crippen molar-refractivity contribution < 1.29 is 24.2 Å². The number of carbonyl (C=O) groups is 3. The molecule has 9 heteroatoms. The van der Waals surface area contributed by atoms with Gasteiger partial charge >= 0.3 is 5.97 Å². The van der Waals surface area contributed by atoms with Crippen LogP contribution in [0.5, 0.6) is 5.75 Å². The number of amides is 2. The molecule has 0 saturated carbocycles. The van der Waals surface area contributed by atoms with Crippen LogP contribution in [0, 0.1) is 0 Å². The van der Waals surface area contributed by atoms with Gasteiger partial charge in [-0.25, -0.2) is 0 Å². The molecule has 2 aliphatic rings. The van der Waals surface area contributed by atoms with Gasteiger partial charge in [0, 0.05) is 32.7 Å². The Hall–Kier alpha value is -3.33. The first-order valence-corrected chi connectivity index (χ1v) is 10.8. The van der Waals surface area contributed by atoms with Crippen LogP contribution >= 0.6 is 0 Å². The van der Waals surface area contributed by atoms with E-state index < -0.39 is 5.97 Å². The van der Waals surface area contributed by atoms with Crippen LogP contribution in [0.3, 0.4) is 0 Å². The van der Waals surface area contributed by atoms with Crippen LogP contribution in [0.15, 0.2) is 47.8 Å². The van der Waals surface area contributed by atoms with E-state index in [0.29, 0.717) is 63.4 Å².